The molecule has 1 aliphatic rings. The van der Waals surface area contributed by atoms with Crippen LogP contribution in [0.4, 0.5) is 0 Å². The molecule has 0 radical (unpaired) electrons. The molecule has 4 heteroatoms. The van der Waals surface area contributed by atoms with E-state index in [4.69, 9.17) is 9.98 Å². The van der Waals surface area contributed by atoms with Crippen LogP contribution in [0.5, 0.6) is 0 Å². The van der Waals surface area contributed by atoms with E-state index in [-0.39, 0.29) is 12.1 Å². The Bertz CT molecular complexity index is 1720. The maximum atomic E-state index is 5.31. The van der Waals surface area contributed by atoms with Gasteiger partial charge >= 0.3 is 0 Å². The average Bonchev–Trinajstić information content (AvgIpc) is 3.16. The molecule has 0 amide bonds. The summed E-state index contributed by atoms with van der Waals surface area (Å²) in [5, 5.41) is 8.09. The highest BCUT2D eigenvalue weighted by Crippen LogP contribution is 2.35. The Labute approximate surface area is 287 Å². The van der Waals surface area contributed by atoms with E-state index in [1.165, 1.54) is 55.8 Å². The summed E-state index contributed by atoms with van der Waals surface area (Å²) in [6.45, 7) is 0. The van der Waals surface area contributed by atoms with Gasteiger partial charge in [-0.05, 0) is 60.5 Å². The lowest BCUT2D eigenvalue weighted by Gasteiger charge is -2.26. The zero-order valence-electron chi connectivity index (χ0n) is 27.1. The molecule has 0 spiro atoms. The van der Waals surface area contributed by atoms with E-state index in [9.17, 15) is 0 Å². The van der Waals surface area contributed by atoms with Gasteiger partial charge in [-0.15, -0.1) is 0 Å². The van der Waals surface area contributed by atoms with Crippen molar-refractivity contribution < 1.29 is 0 Å². The molecule has 0 saturated heterocycles. The van der Waals surface area contributed by atoms with Crippen LogP contribution in [0.15, 0.2) is 180 Å². The fraction of sp³-hybridized carbons (Fsp3) is 0.136. The van der Waals surface area contributed by atoms with Gasteiger partial charge in [-0.2, -0.15) is 0 Å². The topological polar surface area (TPSA) is 24.7 Å². The van der Waals surface area contributed by atoms with Gasteiger partial charge in [0, 0.05) is 23.6 Å². The lowest BCUT2D eigenvalue weighted by atomic mass is 9.91. The van der Waals surface area contributed by atoms with E-state index in [2.05, 4.69) is 182 Å². The first-order valence-electron chi connectivity index (χ1n) is 16.9. The van der Waals surface area contributed by atoms with Crippen LogP contribution in [0, 0.1) is 0 Å². The number of aliphatic imine (C=N–C) groups is 2. The molecule has 6 aromatic rings. The Morgan fingerprint density at radius 3 is 1.00 bits per heavy atom. The summed E-state index contributed by atoms with van der Waals surface area (Å²) in [7, 11) is -1.42. The maximum Gasteiger partial charge on any atom is 0.0723 e. The lowest BCUT2D eigenvalue weighted by molar-refractivity contribution is 0.390. The first-order valence-corrected chi connectivity index (χ1v) is 19.6. The van der Waals surface area contributed by atoms with E-state index in [1.807, 2.05) is 0 Å². The number of nitrogens with zero attached hydrogens (tertiary/aromatic N) is 2. The molecule has 6 aromatic carbocycles. The summed E-state index contributed by atoms with van der Waals surface area (Å²) in [6, 6.07) is 61.7. The molecular weight excluding hydrogens is 618 g/mol. The summed E-state index contributed by atoms with van der Waals surface area (Å²) in [6.07, 6.45) is 8.81. The molecule has 236 valence electrons. The lowest BCUT2D eigenvalue weighted by Crippen LogP contribution is -2.28. The van der Waals surface area contributed by atoms with Crippen LogP contribution in [0.2, 0.25) is 0 Å². The Morgan fingerprint density at radius 2 is 0.667 bits per heavy atom. The van der Waals surface area contributed by atoms with Gasteiger partial charge < -0.3 is 0 Å². The molecule has 0 aliphatic heterocycles. The van der Waals surface area contributed by atoms with Gasteiger partial charge in [0.2, 0.25) is 0 Å². The first kappa shape index (κ1) is 32.1. The number of hydrogen-bond donors (Lipinski definition) is 0. The van der Waals surface area contributed by atoms with Gasteiger partial charge in [0.1, 0.15) is 0 Å². The van der Waals surface area contributed by atoms with Crippen molar-refractivity contribution in [2.45, 2.75) is 37.8 Å². The van der Waals surface area contributed by atoms with E-state index >= 15 is 0 Å². The molecule has 0 aromatic heterocycles. The second-order valence-electron chi connectivity index (χ2n) is 12.1. The van der Waals surface area contributed by atoms with E-state index < -0.39 is 15.8 Å². The third-order valence-electron chi connectivity index (χ3n) is 8.92. The Hall–Kier alpha value is -4.48. The van der Waals surface area contributed by atoms with Crippen LogP contribution >= 0.6 is 15.8 Å². The fourth-order valence-corrected chi connectivity index (χ4v) is 11.4. The van der Waals surface area contributed by atoms with Crippen LogP contribution in [-0.4, -0.2) is 24.5 Å². The van der Waals surface area contributed by atoms with Gasteiger partial charge in [-0.25, -0.2) is 0 Å². The highest BCUT2D eigenvalue weighted by atomic mass is 31.1. The van der Waals surface area contributed by atoms with Crippen LogP contribution in [0.1, 0.15) is 36.8 Å². The smallest absolute Gasteiger partial charge is 0.0723 e. The van der Waals surface area contributed by atoms with Crippen LogP contribution < -0.4 is 31.8 Å². The molecule has 7 rings (SSSR count). The molecule has 0 unspecified atom stereocenters. The predicted octanol–water partition coefficient (Wildman–Crippen LogP) is 8.05. The second-order valence-corrected chi connectivity index (χ2v) is 16.5. The minimum atomic E-state index is -0.712. The summed E-state index contributed by atoms with van der Waals surface area (Å²) >= 11 is 0. The minimum Gasteiger partial charge on any atom is -0.287 e. The zero-order valence-corrected chi connectivity index (χ0v) is 28.9. The average molecular weight is 659 g/mol. The fourth-order valence-electron chi connectivity index (χ4n) is 6.55. The maximum absolute atomic E-state index is 5.31. The van der Waals surface area contributed by atoms with Gasteiger partial charge in [0.15, 0.2) is 0 Å². The Morgan fingerprint density at radius 1 is 0.375 bits per heavy atom. The highest BCUT2D eigenvalue weighted by Gasteiger charge is 2.25. The molecule has 1 saturated carbocycles. The highest BCUT2D eigenvalue weighted by molar-refractivity contribution is 7.80. The SMILES string of the molecule is C(=N/[C@H]1CCCC[C@@H]1/N=C\c1ccccc1P(c1ccccc1)c1ccccc1)/c1ccccc1P(c1ccccc1)c1ccccc1. The number of rotatable bonds is 10. The summed E-state index contributed by atoms with van der Waals surface area (Å²) < 4.78 is 0. The first-order chi connectivity index (χ1) is 23.8. The van der Waals surface area contributed by atoms with Crippen LogP contribution in [0.3, 0.4) is 0 Å². The van der Waals surface area contributed by atoms with Gasteiger partial charge in [-0.3, -0.25) is 9.98 Å². The van der Waals surface area contributed by atoms with Crippen molar-refractivity contribution in [1.82, 2.24) is 0 Å². The monoisotopic (exact) mass is 658 g/mol. The van der Waals surface area contributed by atoms with Crippen molar-refractivity contribution in [3.63, 3.8) is 0 Å². The number of hydrogen-bond acceptors (Lipinski definition) is 2. The minimum absolute atomic E-state index is 0.166. The molecule has 0 heterocycles. The number of benzene rings is 6. The molecule has 1 aliphatic carbocycles. The molecule has 0 bridgehead atoms. The zero-order chi connectivity index (χ0) is 32.4. The van der Waals surface area contributed by atoms with Crippen LogP contribution in [0.25, 0.3) is 0 Å². The summed E-state index contributed by atoms with van der Waals surface area (Å²) in [5.41, 5.74) is 2.40. The molecule has 48 heavy (non-hydrogen) atoms. The molecule has 2 nitrogen and oxygen atoms in total. The standard InChI is InChI=1S/C44H40N2P2/c1-5-21-37(22-6-1)47(38-23-7-2-8-24-38)43-31-17-13-19-35(43)33-45-41-29-15-16-30-42(41)46-34-36-20-14-18-32-44(36)48(39-25-9-3-10-26-39)40-27-11-4-12-28-40/h1-14,17-28,31-34,41-42H,15-16,29-30H2/b45-33-,46-34-/t41-,42-/m0/s1. The predicted molar refractivity (Wildman–Crippen MR) is 212 cm³/mol. The molecular formula is C44H40N2P2. The van der Waals surface area contributed by atoms with Gasteiger partial charge in [0.25, 0.3) is 0 Å². The van der Waals surface area contributed by atoms with Crippen molar-refractivity contribution >= 4 is 60.1 Å². The van der Waals surface area contributed by atoms with Crippen molar-refractivity contribution in [2.24, 2.45) is 9.98 Å². The van der Waals surface area contributed by atoms with E-state index in [1.54, 1.807) is 0 Å². The third-order valence-corrected chi connectivity index (χ3v) is 14.0. The van der Waals surface area contributed by atoms with Crippen molar-refractivity contribution in [3.05, 3.63) is 181 Å². The molecule has 0 N–H and O–H groups in total. The molecule has 1 fully saturated rings. The van der Waals surface area contributed by atoms with E-state index in [0.717, 1.165) is 12.8 Å². The van der Waals surface area contributed by atoms with Gasteiger partial charge in [-0.1, -0.05) is 183 Å². The quantitative estimate of drug-likeness (QED) is 0.105. The normalized spacial score (nSPS) is 16.6. The van der Waals surface area contributed by atoms with Crippen molar-refractivity contribution in [2.75, 3.05) is 0 Å². The Balaban J connectivity index is 1.19. The van der Waals surface area contributed by atoms with Crippen molar-refractivity contribution in [1.29, 1.82) is 0 Å². The third kappa shape index (κ3) is 7.63. The largest absolute Gasteiger partial charge is 0.287 e. The Kier molecular flexibility index (Phi) is 10.7. The summed E-state index contributed by atoms with van der Waals surface area (Å²) in [4.78, 5) is 10.6. The van der Waals surface area contributed by atoms with Crippen molar-refractivity contribution in [3.8, 4) is 0 Å². The molecule has 2 atom stereocenters. The van der Waals surface area contributed by atoms with Gasteiger partial charge in [0.05, 0.1) is 12.1 Å². The summed E-state index contributed by atoms with van der Waals surface area (Å²) in [5.74, 6) is 0. The van der Waals surface area contributed by atoms with Crippen LogP contribution in [-0.2, 0) is 0 Å². The van der Waals surface area contributed by atoms with E-state index in [0.29, 0.717) is 0 Å². The second kappa shape index (κ2) is 16.1.